The number of thioether (sulfide) groups is 1. The minimum Gasteiger partial charge on any atom is -0.481 e. The number of hydrogen-bond acceptors (Lipinski definition) is 7. The molecular weight excluding hydrogens is 460 g/mol. The standard InChI is InChI=1S/C23H28N4O4S2/c1-13-8-14(2)12-26(11-13)20-16(15(3)17(10-24)21(30)25(20)4)9-18-22(31)27(23(32)33-18)7-5-6-19(28)29/h9,13-14H,5-8,11-12H2,1-4H3,(H,28,29)/b18-9-. The van der Waals surface area contributed by atoms with Crippen molar-refractivity contribution in [1.82, 2.24) is 9.47 Å². The molecule has 0 aromatic carbocycles. The summed E-state index contributed by atoms with van der Waals surface area (Å²) < 4.78 is 1.89. The molecule has 0 saturated carbocycles. The van der Waals surface area contributed by atoms with Gasteiger partial charge in [0.25, 0.3) is 11.5 Å². The predicted molar refractivity (Wildman–Crippen MR) is 133 cm³/mol. The number of nitrogens with zero attached hydrogens (tertiary/aromatic N) is 4. The zero-order chi connectivity index (χ0) is 24.4. The third-order valence-corrected chi connectivity index (χ3v) is 7.44. The van der Waals surface area contributed by atoms with Gasteiger partial charge in [-0.1, -0.05) is 37.8 Å². The zero-order valence-corrected chi connectivity index (χ0v) is 20.9. The lowest BCUT2D eigenvalue weighted by molar-refractivity contribution is -0.137. The van der Waals surface area contributed by atoms with Gasteiger partial charge in [-0.25, -0.2) is 0 Å². The molecule has 2 fully saturated rings. The highest BCUT2D eigenvalue weighted by atomic mass is 32.2. The highest BCUT2D eigenvalue weighted by Gasteiger charge is 2.33. The number of rotatable bonds is 6. The first-order valence-corrected chi connectivity index (χ1v) is 12.1. The Balaban J connectivity index is 2.08. The van der Waals surface area contributed by atoms with Gasteiger partial charge < -0.3 is 10.0 Å². The van der Waals surface area contributed by atoms with Crippen molar-refractivity contribution in [2.24, 2.45) is 18.9 Å². The molecule has 0 aliphatic carbocycles. The van der Waals surface area contributed by atoms with Crippen LogP contribution in [-0.4, -0.2) is 50.4 Å². The number of pyridine rings is 1. The number of aromatic nitrogens is 1. The van der Waals surface area contributed by atoms with E-state index in [2.05, 4.69) is 18.7 Å². The van der Waals surface area contributed by atoms with Crippen LogP contribution in [0.5, 0.6) is 0 Å². The third kappa shape index (κ3) is 5.14. The second-order valence-corrected chi connectivity index (χ2v) is 10.6. The van der Waals surface area contributed by atoms with Gasteiger partial charge in [0.2, 0.25) is 0 Å². The largest absolute Gasteiger partial charge is 0.481 e. The Morgan fingerprint density at radius 2 is 1.94 bits per heavy atom. The maximum Gasteiger partial charge on any atom is 0.303 e. The van der Waals surface area contributed by atoms with Crippen molar-refractivity contribution in [3.63, 3.8) is 0 Å². The first kappa shape index (κ1) is 25.0. The van der Waals surface area contributed by atoms with Gasteiger partial charge in [0.1, 0.15) is 21.8 Å². The van der Waals surface area contributed by atoms with Crippen molar-refractivity contribution in [3.8, 4) is 6.07 Å². The number of carboxylic acid groups (broad SMARTS) is 1. The minimum atomic E-state index is -0.921. The fourth-order valence-electron chi connectivity index (χ4n) is 4.64. The lowest BCUT2D eigenvalue weighted by atomic mass is 9.91. The fourth-order valence-corrected chi connectivity index (χ4v) is 5.93. The molecule has 1 aromatic heterocycles. The van der Waals surface area contributed by atoms with E-state index in [-0.39, 0.29) is 30.0 Å². The molecule has 2 aliphatic rings. The van der Waals surface area contributed by atoms with Crippen molar-refractivity contribution in [2.45, 2.75) is 40.0 Å². The summed E-state index contributed by atoms with van der Waals surface area (Å²) in [6.45, 7) is 7.88. The molecule has 2 aliphatic heterocycles. The van der Waals surface area contributed by atoms with Gasteiger partial charge in [0, 0.05) is 38.7 Å². The Hall–Kier alpha value is -2.64. The van der Waals surface area contributed by atoms with Gasteiger partial charge in [-0.3, -0.25) is 23.9 Å². The topological polar surface area (TPSA) is 107 Å². The molecule has 1 aromatic rings. The average Bonchev–Trinajstić information content (AvgIpc) is 2.99. The molecule has 2 saturated heterocycles. The van der Waals surface area contributed by atoms with Crippen LogP contribution in [0.15, 0.2) is 9.70 Å². The molecule has 0 bridgehead atoms. The third-order valence-electron chi connectivity index (χ3n) is 6.06. The maximum atomic E-state index is 13.1. The van der Waals surface area contributed by atoms with Gasteiger partial charge in [-0.05, 0) is 43.2 Å². The molecule has 3 heterocycles. The highest BCUT2D eigenvalue weighted by molar-refractivity contribution is 8.26. The number of thiocarbonyl (C=S) groups is 1. The quantitative estimate of drug-likeness (QED) is 0.481. The Morgan fingerprint density at radius 3 is 2.52 bits per heavy atom. The van der Waals surface area contributed by atoms with Gasteiger partial charge in [0.15, 0.2) is 0 Å². The number of anilines is 1. The van der Waals surface area contributed by atoms with E-state index in [1.54, 1.807) is 20.0 Å². The van der Waals surface area contributed by atoms with Crippen molar-refractivity contribution >= 4 is 52.1 Å². The molecule has 0 spiro atoms. The zero-order valence-electron chi connectivity index (χ0n) is 19.3. The molecule has 3 rings (SSSR count). The van der Waals surface area contributed by atoms with Crippen LogP contribution in [0.3, 0.4) is 0 Å². The second-order valence-electron chi connectivity index (χ2n) is 8.89. The van der Waals surface area contributed by atoms with Gasteiger partial charge in [-0.15, -0.1) is 0 Å². The van der Waals surface area contributed by atoms with Crippen LogP contribution in [0.1, 0.15) is 49.8 Å². The van der Waals surface area contributed by atoms with Crippen LogP contribution in [0.2, 0.25) is 0 Å². The summed E-state index contributed by atoms with van der Waals surface area (Å²) in [6, 6.07) is 2.02. The van der Waals surface area contributed by atoms with Crippen LogP contribution in [0.25, 0.3) is 6.08 Å². The summed E-state index contributed by atoms with van der Waals surface area (Å²) in [7, 11) is 1.66. The van der Waals surface area contributed by atoms with Crippen molar-refractivity contribution in [2.75, 3.05) is 24.5 Å². The molecule has 1 amide bonds. The molecule has 8 nitrogen and oxygen atoms in total. The van der Waals surface area contributed by atoms with Crippen LogP contribution in [0.4, 0.5) is 5.82 Å². The van der Waals surface area contributed by atoms with E-state index in [9.17, 15) is 19.6 Å². The number of amides is 1. The Bertz CT molecular complexity index is 1120. The fraction of sp³-hybridized carbons (Fsp3) is 0.522. The number of piperidine rings is 1. The highest BCUT2D eigenvalue weighted by Crippen LogP contribution is 2.37. The second kappa shape index (κ2) is 10.1. The summed E-state index contributed by atoms with van der Waals surface area (Å²) >= 11 is 6.53. The number of nitriles is 1. The molecule has 2 atom stereocenters. The summed E-state index contributed by atoms with van der Waals surface area (Å²) in [4.78, 5) is 40.8. The molecule has 10 heteroatoms. The Morgan fingerprint density at radius 1 is 1.30 bits per heavy atom. The molecule has 33 heavy (non-hydrogen) atoms. The van der Waals surface area contributed by atoms with E-state index in [1.165, 1.54) is 9.47 Å². The SMILES string of the molecule is Cc1c(/C=C2\SC(=S)N(CCCC(=O)O)C2=O)c(N2CC(C)CC(C)C2)n(C)c(=O)c1C#N. The molecule has 176 valence electrons. The predicted octanol–water partition coefficient (Wildman–Crippen LogP) is 3.11. The summed E-state index contributed by atoms with van der Waals surface area (Å²) in [6.07, 6.45) is 3.09. The number of hydrogen-bond donors (Lipinski definition) is 1. The van der Waals surface area contributed by atoms with E-state index < -0.39 is 5.97 Å². The molecule has 1 N–H and O–H groups in total. The smallest absolute Gasteiger partial charge is 0.303 e. The molecule has 0 radical (unpaired) electrons. The van der Waals surface area contributed by atoms with Crippen LogP contribution in [-0.2, 0) is 16.6 Å². The average molecular weight is 489 g/mol. The van der Waals surface area contributed by atoms with Crippen LogP contribution in [0, 0.1) is 30.1 Å². The molecule has 2 unspecified atom stereocenters. The number of carboxylic acids is 1. The van der Waals surface area contributed by atoms with E-state index in [1.807, 2.05) is 6.07 Å². The van der Waals surface area contributed by atoms with Crippen molar-refractivity contribution < 1.29 is 14.7 Å². The van der Waals surface area contributed by atoms with E-state index >= 15 is 0 Å². The maximum absolute atomic E-state index is 13.1. The van der Waals surface area contributed by atoms with Crippen LogP contribution < -0.4 is 10.5 Å². The first-order chi connectivity index (χ1) is 15.5. The normalized spacial score (nSPS) is 22.2. The minimum absolute atomic E-state index is 0.0446. The summed E-state index contributed by atoms with van der Waals surface area (Å²) in [5.74, 6) is 0.384. The Kier molecular flexibility index (Phi) is 7.65. The first-order valence-electron chi connectivity index (χ1n) is 10.9. The van der Waals surface area contributed by atoms with Crippen molar-refractivity contribution in [1.29, 1.82) is 5.26 Å². The van der Waals surface area contributed by atoms with Gasteiger partial charge in [-0.2, -0.15) is 5.26 Å². The van der Waals surface area contributed by atoms with Gasteiger partial charge in [0.05, 0.1) is 4.91 Å². The lowest BCUT2D eigenvalue weighted by Crippen LogP contribution is -2.42. The Labute approximate surface area is 202 Å². The lowest BCUT2D eigenvalue weighted by Gasteiger charge is -2.38. The number of aliphatic carboxylic acids is 1. The van der Waals surface area contributed by atoms with Gasteiger partial charge >= 0.3 is 5.97 Å². The monoisotopic (exact) mass is 488 g/mol. The summed E-state index contributed by atoms with van der Waals surface area (Å²) in [5, 5.41) is 18.5. The molecular formula is C23H28N4O4S2. The van der Waals surface area contributed by atoms with Crippen molar-refractivity contribution in [3.05, 3.63) is 31.9 Å². The number of carbonyl (C=O) groups excluding carboxylic acids is 1. The number of carbonyl (C=O) groups is 2. The summed E-state index contributed by atoms with van der Waals surface area (Å²) in [5.41, 5.74) is 0.912. The van der Waals surface area contributed by atoms with Crippen LogP contribution >= 0.6 is 24.0 Å². The van der Waals surface area contributed by atoms with E-state index in [0.29, 0.717) is 44.4 Å². The van der Waals surface area contributed by atoms with E-state index in [0.717, 1.165) is 31.3 Å². The van der Waals surface area contributed by atoms with E-state index in [4.69, 9.17) is 17.3 Å².